The van der Waals surface area contributed by atoms with E-state index in [4.69, 9.17) is 4.42 Å². The molecular weight excluding hydrogens is 268 g/mol. The van der Waals surface area contributed by atoms with Crippen LogP contribution in [-0.4, -0.2) is 32.3 Å². The van der Waals surface area contributed by atoms with Gasteiger partial charge in [0.2, 0.25) is 0 Å². The van der Waals surface area contributed by atoms with Crippen molar-refractivity contribution >= 4 is 0 Å². The molecule has 0 aromatic carbocycles. The minimum atomic E-state index is -0.00684. The predicted octanol–water partition coefficient (Wildman–Crippen LogP) is 1.63. The minimum Gasteiger partial charge on any atom is -0.465 e. The van der Waals surface area contributed by atoms with Gasteiger partial charge in [0.1, 0.15) is 17.3 Å². The van der Waals surface area contributed by atoms with E-state index in [-0.39, 0.29) is 11.7 Å². The number of nitrogens with zero attached hydrogens (tertiary/aromatic N) is 4. The first-order valence-electron chi connectivity index (χ1n) is 7.44. The monoisotopic (exact) mass is 290 g/mol. The second-order valence-corrected chi connectivity index (χ2v) is 5.84. The Hall–Kier alpha value is -1.82. The lowest BCUT2D eigenvalue weighted by Gasteiger charge is -2.31. The van der Waals surface area contributed by atoms with Gasteiger partial charge in [-0.1, -0.05) is 0 Å². The first-order valence-corrected chi connectivity index (χ1v) is 7.44. The smallest absolute Gasteiger partial charge is 0.345 e. The van der Waals surface area contributed by atoms with Gasteiger partial charge in [0.25, 0.3) is 0 Å². The second-order valence-electron chi connectivity index (χ2n) is 5.84. The number of aromatic nitrogens is 3. The Bertz CT molecular complexity index is 674. The van der Waals surface area contributed by atoms with Crippen LogP contribution in [0.4, 0.5) is 0 Å². The average Bonchev–Trinajstić information content (AvgIpc) is 2.96. The van der Waals surface area contributed by atoms with Crippen molar-refractivity contribution in [1.29, 1.82) is 0 Å². The van der Waals surface area contributed by atoms with Crippen molar-refractivity contribution in [3.63, 3.8) is 0 Å². The van der Waals surface area contributed by atoms with Crippen LogP contribution in [0, 0.1) is 13.8 Å². The zero-order valence-corrected chi connectivity index (χ0v) is 12.9. The van der Waals surface area contributed by atoms with Gasteiger partial charge < -0.3 is 4.42 Å². The Morgan fingerprint density at radius 3 is 2.52 bits per heavy atom. The van der Waals surface area contributed by atoms with Gasteiger partial charge in [-0.2, -0.15) is 5.10 Å². The fourth-order valence-electron chi connectivity index (χ4n) is 3.15. The van der Waals surface area contributed by atoms with Crippen molar-refractivity contribution in [3.05, 3.63) is 40.0 Å². The maximum absolute atomic E-state index is 12.1. The highest BCUT2D eigenvalue weighted by Gasteiger charge is 2.24. The van der Waals surface area contributed by atoms with E-state index < -0.39 is 0 Å². The maximum Gasteiger partial charge on any atom is 0.345 e. The zero-order valence-electron chi connectivity index (χ0n) is 12.9. The SMILES string of the molecule is Cc1ccc(CN2CCC(n3c(C)nn(C)c3=O)CC2)o1. The summed E-state index contributed by atoms with van der Waals surface area (Å²) in [6.07, 6.45) is 1.96. The second kappa shape index (κ2) is 5.52. The van der Waals surface area contributed by atoms with Crippen molar-refractivity contribution < 1.29 is 4.42 Å². The summed E-state index contributed by atoms with van der Waals surface area (Å²) in [6, 6.07) is 4.30. The molecule has 114 valence electrons. The van der Waals surface area contributed by atoms with E-state index in [1.54, 1.807) is 7.05 Å². The molecule has 1 aliphatic heterocycles. The van der Waals surface area contributed by atoms with Gasteiger partial charge in [-0.15, -0.1) is 0 Å². The van der Waals surface area contributed by atoms with E-state index in [0.29, 0.717) is 0 Å². The van der Waals surface area contributed by atoms with Gasteiger partial charge in [-0.05, 0) is 38.8 Å². The largest absolute Gasteiger partial charge is 0.465 e. The number of hydrogen-bond donors (Lipinski definition) is 0. The Kier molecular flexibility index (Phi) is 3.71. The predicted molar refractivity (Wildman–Crippen MR) is 79.2 cm³/mol. The van der Waals surface area contributed by atoms with E-state index in [0.717, 1.165) is 49.8 Å². The van der Waals surface area contributed by atoms with Gasteiger partial charge in [0, 0.05) is 26.2 Å². The number of likely N-dealkylation sites (tertiary alicyclic amines) is 1. The molecule has 0 radical (unpaired) electrons. The summed E-state index contributed by atoms with van der Waals surface area (Å²) in [5.74, 6) is 2.78. The van der Waals surface area contributed by atoms with Crippen molar-refractivity contribution in [1.82, 2.24) is 19.2 Å². The molecule has 0 aliphatic carbocycles. The minimum absolute atomic E-state index is 0.00684. The van der Waals surface area contributed by atoms with Gasteiger partial charge in [-0.3, -0.25) is 9.47 Å². The first-order chi connectivity index (χ1) is 10.0. The molecule has 0 atom stereocenters. The molecule has 6 nitrogen and oxygen atoms in total. The molecule has 0 N–H and O–H groups in total. The Labute approximate surface area is 124 Å². The highest BCUT2D eigenvalue weighted by Crippen LogP contribution is 2.23. The normalized spacial score (nSPS) is 17.5. The third-order valence-electron chi connectivity index (χ3n) is 4.22. The summed E-state index contributed by atoms with van der Waals surface area (Å²) in [6.45, 7) is 6.67. The van der Waals surface area contributed by atoms with Gasteiger partial charge in [0.15, 0.2) is 0 Å². The lowest BCUT2D eigenvalue weighted by Crippen LogP contribution is -2.37. The summed E-state index contributed by atoms with van der Waals surface area (Å²) in [4.78, 5) is 14.5. The topological polar surface area (TPSA) is 56.2 Å². The van der Waals surface area contributed by atoms with Crippen molar-refractivity contribution in [3.8, 4) is 0 Å². The third kappa shape index (κ3) is 2.81. The maximum atomic E-state index is 12.1. The fourth-order valence-corrected chi connectivity index (χ4v) is 3.15. The number of aryl methyl sites for hydroxylation is 3. The van der Waals surface area contributed by atoms with Crippen LogP contribution in [0.15, 0.2) is 21.3 Å². The van der Waals surface area contributed by atoms with Crippen LogP contribution in [0.5, 0.6) is 0 Å². The van der Waals surface area contributed by atoms with E-state index in [1.165, 1.54) is 4.68 Å². The van der Waals surface area contributed by atoms with E-state index in [1.807, 2.05) is 30.5 Å². The van der Waals surface area contributed by atoms with E-state index in [2.05, 4.69) is 10.00 Å². The van der Waals surface area contributed by atoms with Crippen LogP contribution in [-0.2, 0) is 13.6 Å². The highest BCUT2D eigenvalue weighted by molar-refractivity contribution is 5.05. The number of piperidine rings is 1. The number of rotatable bonds is 3. The lowest BCUT2D eigenvalue weighted by molar-refractivity contribution is 0.165. The molecule has 1 aliphatic rings. The van der Waals surface area contributed by atoms with Crippen LogP contribution in [0.1, 0.15) is 36.2 Å². The van der Waals surface area contributed by atoms with Crippen molar-refractivity contribution in [2.45, 2.75) is 39.3 Å². The average molecular weight is 290 g/mol. The molecule has 0 spiro atoms. The summed E-state index contributed by atoms with van der Waals surface area (Å²) >= 11 is 0. The zero-order chi connectivity index (χ0) is 15.0. The molecule has 21 heavy (non-hydrogen) atoms. The molecule has 0 amide bonds. The molecule has 2 aromatic rings. The van der Waals surface area contributed by atoms with Crippen LogP contribution < -0.4 is 5.69 Å². The fraction of sp³-hybridized carbons (Fsp3) is 0.600. The first kappa shape index (κ1) is 14.1. The highest BCUT2D eigenvalue weighted by atomic mass is 16.3. The molecule has 3 heterocycles. The van der Waals surface area contributed by atoms with Crippen LogP contribution >= 0.6 is 0 Å². The van der Waals surface area contributed by atoms with Crippen LogP contribution in [0.2, 0.25) is 0 Å². The van der Waals surface area contributed by atoms with Crippen LogP contribution in [0.25, 0.3) is 0 Å². The Morgan fingerprint density at radius 1 is 1.29 bits per heavy atom. The van der Waals surface area contributed by atoms with Crippen molar-refractivity contribution in [2.24, 2.45) is 7.05 Å². The van der Waals surface area contributed by atoms with Crippen molar-refractivity contribution in [2.75, 3.05) is 13.1 Å². The molecule has 0 saturated carbocycles. The molecule has 6 heteroatoms. The molecular formula is C15H22N4O2. The Balaban J connectivity index is 1.64. The van der Waals surface area contributed by atoms with Gasteiger partial charge >= 0.3 is 5.69 Å². The molecule has 1 fully saturated rings. The summed E-state index contributed by atoms with van der Waals surface area (Å²) in [7, 11) is 1.71. The third-order valence-corrected chi connectivity index (χ3v) is 4.22. The quantitative estimate of drug-likeness (QED) is 0.862. The lowest BCUT2D eigenvalue weighted by atomic mass is 10.0. The van der Waals surface area contributed by atoms with Gasteiger partial charge in [-0.25, -0.2) is 9.48 Å². The number of hydrogen-bond acceptors (Lipinski definition) is 4. The van der Waals surface area contributed by atoms with E-state index >= 15 is 0 Å². The molecule has 3 rings (SSSR count). The standard InChI is InChI=1S/C15H22N4O2/c1-11-4-5-14(21-11)10-18-8-6-13(7-9-18)19-12(2)16-17(3)15(19)20/h4-5,13H,6-10H2,1-3H3. The summed E-state index contributed by atoms with van der Waals surface area (Å²) in [5, 5.41) is 4.21. The molecule has 0 bridgehead atoms. The van der Waals surface area contributed by atoms with E-state index in [9.17, 15) is 4.79 Å². The molecule has 1 saturated heterocycles. The summed E-state index contributed by atoms with van der Waals surface area (Å²) in [5.41, 5.74) is -0.00684. The van der Waals surface area contributed by atoms with Crippen LogP contribution in [0.3, 0.4) is 0 Å². The summed E-state index contributed by atoms with van der Waals surface area (Å²) < 4.78 is 8.89. The molecule has 2 aromatic heterocycles. The molecule has 0 unspecified atom stereocenters. The number of furan rings is 1. The van der Waals surface area contributed by atoms with Gasteiger partial charge in [0.05, 0.1) is 6.54 Å². The Morgan fingerprint density at radius 2 is 2.00 bits per heavy atom.